The van der Waals surface area contributed by atoms with Gasteiger partial charge in [-0.25, -0.2) is 9.97 Å². The number of fused-ring (bicyclic) bond motifs is 1. The summed E-state index contributed by atoms with van der Waals surface area (Å²) in [6.07, 6.45) is 5.78. The van der Waals surface area contributed by atoms with Crippen LogP contribution in [0.1, 0.15) is 61.5 Å². The van der Waals surface area contributed by atoms with E-state index in [4.69, 9.17) is 9.47 Å². The second-order valence-electron chi connectivity index (χ2n) is 10.4. The van der Waals surface area contributed by atoms with Crippen molar-refractivity contribution in [2.45, 2.75) is 70.6 Å². The quantitative estimate of drug-likeness (QED) is 0.339. The second kappa shape index (κ2) is 11.0. The Labute approximate surface area is 221 Å². The molecule has 1 aromatic carbocycles. The summed E-state index contributed by atoms with van der Waals surface area (Å²) in [7, 11) is 1.62. The molecule has 0 aliphatic heterocycles. The lowest BCUT2D eigenvalue weighted by Gasteiger charge is -2.30. The van der Waals surface area contributed by atoms with Gasteiger partial charge in [-0.2, -0.15) is 0 Å². The van der Waals surface area contributed by atoms with Crippen molar-refractivity contribution in [3.8, 4) is 22.8 Å². The highest BCUT2D eigenvalue weighted by Gasteiger charge is 2.28. The molecule has 2 saturated carbocycles. The van der Waals surface area contributed by atoms with Gasteiger partial charge >= 0.3 is 0 Å². The predicted molar refractivity (Wildman–Crippen MR) is 142 cm³/mol. The van der Waals surface area contributed by atoms with Gasteiger partial charge in [0.15, 0.2) is 0 Å². The molecule has 0 radical (unpaired) electrons. The second-order valence-corrected chi connectivity index (χ2v) is 10.4. The first-order valence-corrected chi connectivity index (χ1v) is 13.3. The summed E-state index contributed by atoms with van der Waals surface area (Å²) < 4.78 is 11.6. The number of aromatic amines is 1. The fraction of sp³-hybridized carbons (Fsp3) is 0.500. The van der Waals surface area contributed by atoms with E-state index in [-0.39, 0.29) is 23.9 Å². The van der Waals surface area contributed by atoms with Crippen molar-refractivity contribution in [1.29, 1.82) is 0 Å². The molecular formula is C28H35N5O5. The summed E-state index contributed by atoms with van der Waals surface area (Å²) in [5.41, 5.74) is 3.86. The van der Waals surface area contributed by atoms with E-state index < -0.39 is 6.10 Å². The third-order valence-corrected chi connectivity index (χ3v) is 7.40. The molecule has 2 aliphatic rings. The van der Waals surface area contributed by atoms with E-state index in [1.54, 1.807) is 7.11 Å². The summed E-state index contributed by atoms with van der Waals surface area (Å²) in [5.74, 6) is 1.45. The van der Waals surface area contributed by atoms with Gasteiger partial charge in [0.1, 0.15) is 35.1 Å². The maximum atomic E-state index is 13.4. The largest absolute Gasteiger partial charge is 0.497 e. The monoisotopic (exact) mass is 521 g/mol. The van der Waals surface area contributed by atoms with E-state index in [1.165, 1.54) is 26.1 Å². The predicted octanol–water partition coefficient (Wildman–Crippen LogP) is 3.27. The Kier molecular flexibility index (Phi) is 7.51. The molecule has 2 aromatic heterocycles. The van der Waals surface area contributed by atoms with Crippen molar-refractivity contribution in [2.75, 3.05) is 13.7 Å². The molecule has 0 spiro atoms. The summed E-state index contributed by atoms with van der Waals surface area (Å²) in [6.45, 7) is 3.98. The number of hydrogen-bond donors (Lipinski definition) is 4. The lowest BCUT2D eigenvalue weighted by molar-refractivity contribution is -0.129. The maximum Gasteiger partial charge on any atom is 0.255 e. The van der Waals surface area contributed by atoms with Gasteiger partial charge in [-0.15, -0.1) is 0 Å². The smallest absolute Gasteiger partial charge is 0.255 e. The first-order valence-electron chi connectivity index (χ1n) is 13.3. The number of benzene rings is 1. The Morgan fingerprint density at radius 3 is 2.47 bits per heavy atom. The average Bonchev–Trinajstić information content (AvgIpc) is 3.67. The van der Waals surface area contributed by atoms with Crippen molar-refractivity contribution in [3.05, 3.63) is 35.8 Å². The number of carbonyl (C=O) groups excluding carboxylic acids is 2. The number of aliphatic hydroxyl groups is 1. The lowest BCUT2D eigenvalue weighted by Crippen LogP contribution is -2.46. The van der Waals surface area contributed by atoms with Crippen LogP contribution in [0.25, 0.3) is 22.3 Å². The first-order chi connectivity index (χ1) is 18.3. The average molecular weight is 522 g/mol. The number of methoxy groups -OCH3 is 1. The van der Waals surface area contributed by atoms with Gasteiger partial charge in [-0.05, 0) is 76.5 Å². The summed E-state index contributed by atoms with van der Waals surface area (Å²) in [5, 5.41) is 15.4. The molecule has 2 amide bonds. The van der Waals surface area contributed by atoms with Gasteiger partial charge in [-0.1, -0.05) is 0 Å². The molecule has 2 fully saturated rings. The van der Waals surface area contributed by atoms with Gasteiger partial charge in [-0.3, -0.25) is 9.59 Å². The third kappa shape index (κ3) is 5.60. The molecule has 4 N–H and O–H groups in total. The van der Waals surface area contributed by atoms with E-state index in [0.717, 1.165) is 37.0 Å². The van der Waals surface area contributed by atoms with Gasteiger partial charge in [0.05, 0.1) is 24.8 Å². The Morgan fingerprint density at radius 1 is 1.11 bits per heavy atom. The standard InChI is InChI=1S/C28H35N5O5/c1-15-23(28(36)33-19-8-6-18(7-9-19)32-27(35)16(2)34)25-26(31-15)24(29-14-30-25)21-12-20(37-3)10-11-22(21)38-13-17-4-5-17/h10-12,14,16-19,31,34H,4-9,13H2,1-3H3,(H,32,35)(H,33,36)/t16-,18-,19+/m0/s1. The number of ether oxygens (including phenoxy) is 2. The Morgan fingerprint density at radius 2 is 1.82 bits per heavy atom. The molecule has 1 atom stereocenters. The van der Waals surface area contributed by atoms with E-state index in [9.17, 15) is 14.7 Å². The number of nitrogens with one attached hydrogen (secondary N) is 3. The summed E-state index contributed by atoms with van der Waals surface area (Å²) in [6, 6.07) is 5.67. The van der Waals surface area contributed by atoms with Crippen LogP contribution in [-0.2, 0) is 4.79 Å². The zero-order chi connectivity index (χ0) is 26.8. The number of carbonyl (C=O) groups is 2. The van der Waals surface area contributed by atoms with Crippen molar-refractivity contribution < 1.29 is 24.2 Å². The van der Waals surface area contributed by atoms with Crippen molar-refractivity contribution in [1.82, 2.24) is 25.6 Å². The molecule has 202 valence electrons. The van der Waals surface area contributed by atoms with Crippen LogP contribution in [-0.4, -0.2) is 63.8 Å². The lowest BCUT2D eigenvalue weighted by atomic mass is 9.90. The van der Waals surface area contributed by atoms with Gasteiger partial charge in [0, 0.05) is 23.3 Å². The van der Waals surface area contributed by atoms with E-state index >= 15 is 0 Å². The first kappa shape index (κ1) is 26.0. The number of H-pyrrole nitrogens is 1. The molecule has 0 bridgehead atoms. The Hall–Kier alpha value is -3.66. The number of nitrogens with zero attached hydrogens (tertiary/aromatic N) is 2. The molecule has 10 nitrogen and oxygen atoms in total. The van der Waals surface area contributed by atoms with Crippen molar-refractivity contribution >= 4 is 22.8 Å². The molecular weight excluding hydrogens is 486 g/mol. The van der Waals surface area contributed by atoms with Crippen LogP contribution in [0.2, 0.25) is 0 Å². The normalized spacial score (nSPS) is 20.1. The molecule has 0 saturated heterocycles. The molecule has 2 heterocycles. The number of hydrogen-bond acceptors (Lipinski definition) is 7. The van der Waals surface area contributed by atoms with E-state index in [2.05, 4.69) is 25.6 Å². The SMILES string of the molecule is COc1ccc(OCC2CC2)c(-c2ncnc3c(C(=O)N[C@H]4CC[C@@H](NC(=O)[C@H](C)O)CC4)c(C)[nH]c23)c1. The molecule has 38 heavy (non-hydrogen) atoms. The van der Waals surface area contributed by atoms with Gasteiger partial charge in [0.25, 0.3) is 5.91 Å². The van der Waals surface area contributed by atoms with Crippen LogP contribution < -0.4 is 20.1 Å². The number of aromatic nitrogens is 3. The zero-order valence-corrected chi connectivity index (χ0v) is 22.0. The van der Waals surface area contributed by atoms with Crippen LogP contribution in [0.15, 0.2) is 24.5 Å². The fourth-order valence-corrected chi connectivity index (χ4v) is 5.00. The number of aliphatic hydroxyl groups excluding tert-OH is 1. The minimum absolute atomic E-state index is 0.00586. The third-order valence-electron chi connectivity index (χ3n) is 7.40. The molecule has 2 aliphatic carbocycles. The molecule has 5 rings (SSSR count). The highest BCUT2D eigenvalue weighted by Crippen LogP contribution is 2.38. The maximum absolute atomic E-state index is 13.4. The fourth-order valence-electron chi connectivity index (χ4n) is 5.00. The van der Waals surface area contributed by atoms with Crippen LogP contribution in [0.3, 0.4) is 0 Å². The topological polar surface area (TPSA) is 138 Å². The van der Waals surface area contributed by atoms with Crippen LogP contribution in [0, 0.1) is 12.8 Å². The zero-order valence-electron chi connectivity index (χ0n) is 22.0. The number of rotatable bonds is 9. The van der Waals surface area contributed by atoms with Gasteiger partial charge < -0.3 is 30.2 Å². The van der Waals surface area contributed by atoms with Gasteiger partial charge in [0.2, 0.25) is 5.91 Å². The highest BCUT2D eigenvalue weighted by molar-refractivity contribution is 6.09. The Balaban J connectivity index is 1.36. The van der Waals surface area contributed by atoms with E-state index in [1.807, 2.05) is 25.1 Å². The number of amides is 2. The summed E-state index contributed by atoms with van der Waals surface area (Å²) in [4.78, 5) is 37.6. The van der Waals surface area contributed by atoms with Crippen LogP contribution >= 0.6 is 0 Å². The van der Waals surface area contributed by atoms with Crippen molar-refractivity contribution in [3.63, 3.8) is 0 Å². The minimum Gasteiger partial charge on any atom is -0.497 e. The molecule has 10 heteroatoms. The Bertz CT molecular complexity index is 1320. The van der Waals surface area contributed by atoms with E-state index in [0.29, 0.717) is 46.3 Å². The van der Waals surface area contributed by atoms with Crippen LogP contribution in [0.5, 0.6) is 11.5 Å². The highest BCUT2D eigenvalue weighted by atomic mass is 16.5. The summed E-state index contributed by atoms with van der Waals surface area (Å²) >= 11 is 0. The number of aryl methyl sites for hydroxylation is 1. The van der Waals surface area contributed by atoms with Crippen molar-refractivity contribution in [2.24, 2.45) is 5.92 Å². The molecule has 0 unspecified atom stereocenters. The van der Waals surface area contributed by atoms with Crippen LogP contribution in [0.4, 0.5) is 0 Å². The molecule has 3 aromatic rings. The minimum atomic E-state index is -1.03.